The highest BCUT2D eigenvalue weighted by molar-refractivity contribution is 9.12. The van der Waals surface area contributed by atoms with Gasteiger partial charge in [0.2, 0.25) is 11.8 Å². The summed E-state index contributed by atoms with van der Waals surface area (Å²) in [5, 5.41) is 0.524. The lowest BCUT2D eigenvalue weighted by Crippen LogP contribution is -2.37. The molecule has 2 aliphatic carbocycles. The Hall–Kier alpha value is -1.70. The zero-order valence-corrected chi connectivity index (χ0v) is 19.4. The van der Waals surface area contributed by atoms with Crippen molar-refractivity contribution in [2.24, 2.45) is 23.7 Å². The Morgan fingerprint density at radius 2 is 1.57 bits per heavy atom. The van der Waals surface area contributed by atoms with E-state index in [2.05, 4.69) is 31.9 Å². The van der Waals surface area contributed by atoms with Crippen molar-refractivity contribution in [3.8, 4) is 5.75 Å². The number of benzene rings is 2. The van der Waals surface area contributed by atoms with Crippen molar-refractivity contribution < 1.29 is 19.1 Å². The fourth-order valence-corrected chi connectivity index (χ4v) is 7.04. The van der Waals surface area contributed by atoms with Crippen molar-refractivity contribution in [3.63, 3.8) is 0 Å². The van der Waals surface area contributed by atoms with Crippen molar-refractivity contribution in [3.05, 3.63) is 59.1 Å². The van der Waals surface area contributed by atoms with Crippen molar-refractivity contribution in [2.45, 2.75) is 16.1 Å². The third-order valence-corrected chi connectivity index (χ3v) is 9.81. The van der Waals surface area contributed by atoms with Gasteiger partial charge < -0.3 is 4.74 Å². The molecule has 30 heavy (non-hydrogen) atoms. The van der Waals surface area contributed by atoms with Crippen LogP contribution in [0.3, 0.4) is 0 Å². The first-order chi connectivity index (χ1) is 14.4. The highest BCUT2D eigenvalue weighted by atomic mass is 79.9. The van der Waals surface area contributed by atoms with E-state index < -0.39 is 5.97 Å². The van der Waals surface area contributed by atoms with Gasteiger partial charge in [0.1, 0.15) is 5.75 Å². The molecule has 0 spiro atoms. The van der Waals surface area contributed by atoms with Crippen LogP contribution >= 0.6 is 43.5 Å². The summed E-state index contributed by atoms with van der Waals surface area (Å²) in [6, 6.07) is 12.9. The van der Waals surface area contributed by atoms with Gasteiger partial charge in [0.15, 0.2) is 0 Å². The first-order valence-corrected chi connectivity index (χ1v) is 11.8. The summed E-state index contributed by atoms with van der Waals surface area (Å²) in [5.41, 5.74) is 0.786. The molecule has 2 aromatic carbocycles. The van der Waals surface area contributed by atoms with Gasteiger partial charge in [-0.3, -0.25) is 9.59 Å². The monoisotopic (exact) mass is 551 g/mol. The van der Waals surface area contributed by atoms with Gasteiger partial charge in [0.05, 0.1) is 23.1 Å². The molecule has 2 amide bonds. The second-order valence-electron chi connectivity index (χ2n) is 7.91. The minimum Gasteiger partial charge on any atom is -0.423 e. The molecule has 3 aliphatic rings. The minimum absolute atomic E-state index is 0.150. The lowest BCUT2D eigenvalue weighted by molar-refractivity contribution is -0.123. The van der Waals surface area contributed by atoms with Crippen LogP contribution in [0.15, 0.2) is 48.5 Å². The standard InChI is InChI=1S/C22H16Br2ClNO4/c23-18-14-9-15(19(18)24)17-16(14)20(27)26(21(17)28)12-2-1-3-13(8-12)30-22(29)10-4-6-11(25)7-5-10/h1-8,14-19H,9H2/t14-,15+,16-,17-,18-,19+/m0/s1. The quantitative estimate of drug-likeness (QED) is 0.236. The molecular weight excluding hydrogens is 538 g/mol. The number of hydrogen-bond acceptors (Lipinski definition) is 4. The summed E-state index contributed by atoms with van der Waals surface area (Å²) in [5.74, 6) is -0.882. The smallest absolute Gasteiger partial charge is 0.343 e. The largest absolute Gasteiger partial charge is 0.423 e. The highest BCUT2D eigenvalue weighted by Crippen LogP contribution is 2.60. The van der Waals surface area contributed by atoms with Crippen molar-refractivity contribution >= 4 is 66.9 Å². The maximum absolute atomic E-state index is 13.2. The zero-order valence-electron chi connectivity index (χ0n) is 15.5. The van der Waals surface area contributed by atoms with E-state index in [0.29, 0.717) is 16.3 Å². The topological polar surface area (TPSA) is 63.7 Å². The summed E-state index contributed by atoms with van der Waals surface area (Å²) in [7, 11) is 0. The number of halogens is 3. The number of carbonyl (C=O) groups excluding carboxylic acids is 3. The van der Waals surface area contributed by atoms with Crippen LogP contribution in [0.1, 0.15) is 16.8 Å². The number of nitrogens with zero attached hydrogens (tertiary/aromatic N) is 1. The summed E-state index contributed by atoms with van der Waals surface area (Å²) in [6.45, 7) is 0. The van der Waals surface area contributed by atoms with Gasteiger partial charge in [0.25, 0.3) is 0 Å². The Morgan fingerprint density at radius 1 is 0.967 bits per heavy atom. The fourth-order valence-electron chi connectivity index (χ4n) is 5.04. The lowest BCUT2D eigenvalue weighted by Gasteiger charge is -2.28. The molecule has 154 valence electrons. The molecule has 6 atom stereocenters. The molecule has 0 N–H and O–H groups in total. The second kappa shape index (κ2) is 7.46. The van der Waals surface area contributed by atoms with Gasteiger partial charge >= 0.3 is 5.97 Å². The summed E-state index contributed by atoms with van der Waals surface area (Å²) in [6.07, 6.45) is 0.880. The molecule has 1 aliphatic heterocycles. The highest BCUT2D eigenvalue weighted by Gasteiger charge is 2.66. The van der Waals surface area contributed by atoms with E-state index in [4.69, 9.17) is 16.3 Å². The van der Waals surface area contributed by atoms with Crippen molar-refractivity contribution in [2.75, 3.05) is 4.90 Å². The maximum Gasteiger partial charge on any atom is 0.343 e. The number of anilines is 1. The molecule has 0 aromatic heterocycles. The predicted octanol–water partition coefficient (Wildman–Crippen LogP) is 4.84. The third kappa shape index (κ3) is 3.05. The molecule has 2 aromatic rings. The molecule has 2 saturated carbocycles. The predicted molar refractivity (Wildman–Crippen MR) is 119 cm³/mol. The van der Waals surface area contributed by atoms with E-state index in [-0.39, 0.29) is 50.9 Å². The number of esters is 1. The number of amides is 2. The van der Waals surface area contributed by atoms with Gasteiger partial charge in [-0.15, -0.1) is 0 Å². The molecule has 2 bridgehead atoms. The van der Waals surface area contributed by atoms with Crippen LogP contribution < -0.4 is 9.64 Å². The third-order valence-electron chi connectivity index (χ3n) is 6.35. The molecule has 0 unspecified atom stereocenters. The first-order valence-electron chi connectivity index (χ1n) is 9.60. The fraction of sp³-hybridized carbons (Fsp3) is 0.318. The van der Waals surface area contributed by atoms with Gasteiger partial charge in [-0.05, 0) is 54.7 Å². The molecule has 8 heteroatoms. The van der Waals surface area contributed by atoms with Crippen molar-refractivity contribution in [1.82, 2.24) is 0 Å². The van der Waals surface area contributed by atoms with Gasteiger partial charge in [0, 0.05) is 20.7 Å². The molecular formula is C22H16Br2ClNO4. The van der Waals surface area contributed by atoms with Crippen LogP contribution in [0.4, 0.5) is 5.69 Å². The van der Waals surface area contributed by atoms with Crippen LogP contribution in [-0.4, -0.2) is 27.4 Å². The van der Waals surface area contributed by atoms with E-state index in [0.717, 1.165) is 6.42 Å². The van der Waals surface area contributed by atoms with E-state index in [1.807, 2.05) is 0 Å². The summed E-state index contributed by atoms with van der Waals surface area (Å²) < 4.78 is 5.45. The zero-order chi connectivity index (χ0) is 21.2. The second-order valence-corrected chi connectivity index (χ2v) is 10.5. The number of rotatable bonds is 3. The molecule has 0 radical (unpaired) electrons. The normalized spacial score (nSPS) is 31.9. The Morgan fingerprint density at radius 3 is 2.17 bits per heavy atom. The van der Waals surface area contributed by atoms with Gasteiger partial charge in [-0.25, -0.2) is 9.69 Å². The molecule has 5 rings (SSSR count). The summed E-state index contributed by atoms with van der Waals surface area (Å²) >= 11 is 13.2. The van der Waals surface area contributed by atoms with Crippen molar-refractivity contribution in [1.29, 1.82) is 0 Å². The average molecular weight is 554 g/mol. The Labute approximate surface area is 195 Å². The summed E-state index contributed by atoms with van der Waals surface area (Å²) in [4.78, 5) is 40.4. The van der Waals surface area contributed by atoms with Gasteiger partial charge in [-0.2, -0.15) is 0 Å². The SMILES string of the molecule is O=C(Oc1cccc(N2C(=O)[C@H]3[C@@H]4C[C@@H]([C@@H](Br)[C@H]4Br)[C@@H]3C2=O)c1)c1ccc(Cl)cc1. The number of carbonyl (C=O) groups is 3. The van der Waals surface area contributed by atoms with Gasteiger partial charge in [-0.1, -0.05) is 49.5 Å². The molecule has 1 heterocycles. The first kappa shape index (κ1) is 20.2. The Kier molecular flexibility index (Phi) is 5.03. The lowest BCUT2D eigenvalue weighted by atomic mass is 9.81. The number of ether oxygens (including phenoxy) is 1. The van der Waals surface area contributed by atoms with E-state index in [9.17, 15) is 14.4 Å². The number of imide groups is 1. The maximum atomic E-state index is 13.2. The van der Waals surface area contributed by atoms with Crippen LogP contribution in [0.2, 0.25) is 5.02 Å². The Bertz CT molecular complexity index is 1030. The van der Waals surface area contributed by atoms with Crippen LogP contribution in [0.5, 0.6) is 5.75 Å². The van der Waals surface area contributed by atoms with E-state index >= 15 is 0 Å². The molecule has 3 fully saturated rings. The molecule has 5 nitrogen and oxygen atoms in total. The number of alkyl halides is 2. The van der Waals surface area contributed by atoms with Crippen LogP contribution in [-0.2, 0) is 9.59 Å². The minimum atomic E-state index is -0.540. The molecule has 1 saturated heterocycles. The van der Waals surface area contributed by atoms with E-state index in [1.165, 1.54) is 4.90 Å². The van der Waals surface area contributed by atoms with E-state index in [1.54, 1.807) is 48.5 Å². The number of hydrogen-bond donors (Lipinski definition) is 0. The van der Waals surface area contributed by atoms with Crippen LogP contribution in [0, 0.1) is 23.7 Å². The Balaban J connectivity index is 1.39. The average Bonchev–Trinajstić information content (AvgIpc) is 3.33. The number of fused-ring (bicyclic) bond motifs is 5. The van der Waals surface area contributed by atoms with Crippen LogP contribution in [0.25, 0.3) is 0 Å².